The molecule has 12 heavy (non-hydrogen) atoms. The topological polar surface area (TPSA) is 54.4 Å². The third-order valence-corrected chi connectivity index (χ3v) is 1.65. The van der Waals surface area contributed by atoms with Crippen LogP contribution < -0.4 is 0 Å². The Kier molecular flexibility index (Phi) is 5.00. The molecular formula is C9H14O3. The fraction of sp³-hybridized carbons (Fsp3) is 0.556. The number of aliphatic carboxylic acids is 1. The van der Waals surface area contributed by atoms with Crippen molar-refractivity contribution in [2.24, 2.45) is 5.92 Å². The van der Waals surface area contributed by atoms with Gasteiger partial charge in [0, 0.05) is 6.42 Å². The van der Waals surface area contributed by atoms with Gasteiger partial charge in [0.15, 0.2) is 0 Å². The molecule has 0 rings (SSSR count). The van der Waals surface area contributed by atoms with E-state index in [1.54, 1.807) is 0 Å². The smallest absolute Gasteiger partial charge is 0.313 e. The summed E-state index contributed by atoms with van der Waals surface area (Å²) in [6.07, 6.45) is 4.65. The average Bonchev–Trinajstić information content (AvgIpc) is 2.03. The van der Waals surface area contributed by atoms with Crippen LogP contribution in [0, 0.1) is 5.92 Å². The van der Waals surface area contributed by atoms with Crippen LogP contribution in [-0.4, -0.2) is 16.9 Å². The minimum Gasteiger partial charge on any atom is -0.481 e. The van der Waals surface area contributed by atoms with Crippen molar-refractivity contribution in [3.05, 3.63) is 12.2 Å². The van der Waals surface area contributed by atoms with Crippen molar-refractivity contribution < 1.29 is 14.7 Å². The van der Waals surface area contributed by atoms with Gasteiger partial charge in [0.25, 0.3) is 0 Å². The summed E-state index contributed by atoms with van der Waals surface area (Å²) in [5, 5.41) is 8.47. The first-order chi connectivity index (χ1) is 5.59. The van der Waals surface area contributed by atoms with Crippen LogP contribution in [0.2, 0.25) is 0 Å². The van der Waals surface area contributed by atoms with E-state index in [1.807, 2.05) is 19.1 Å². The Morgan fingerprint density at radius 3 is 2.50 bits per heavy atom. The SMILES string of the molecule is C/C=C/CCC(=O)C(C)C(=O)O. The van der Waals surface area contributed by atoms with Crippen molar-refractivity contribution in [1.82, 2.24) is 0 Å². The number of Topliss-reactive ketones (excluding diaryl/α,β-unsaturated/α-hetero) is 1. The molecule has 0 fully saturated rings. The Hall–Kier alpha value is -1.12. The number of carbonyl (C=O) groups is 2. The van der Waals surface area contributed by atoms with Crippen LogP contribution in [0.3, 0.4) is 0 Å². The highest BCUT2D eigenvalue weighted by molar-refractivity contribution is 5.97. The first-order valence-corrected chi connectivity index (χ1v) is 3.96. The predicted octanol–water partition coefficient (Wildman–Crippen LogP) is 1.63. The molecule has 0 aliphatic heterocycles. The molecule has 1 atom stereocenters. The summed E-state index contributed by atoms with van der Waals surface area (Å²) in [7, 11) is 0. The summed E-state index contributed by atoms with van der Waals surface area (Å²) < 4.78 is 0. The van der Waals surface area contributed by atoms with E-state index in [0.717, 1.165) is 0 Å². The van der Waals surface area contributed by atoms with Crippen molar-refractivity contribution in [3.8, 4) is 0 Å². The molecule has 0 spiro atoms. The van der Waals surface area contributed by atoms with Gasteiger partial charge in [0.05, 0.1) is 0 Å². The number of carboxylic acid groups (broad SMARTS) is 1. The molecule has 0 radical (unpaired) electrons. The maximum absolute atomic E-state index is 11.0. The zero-order valence-corrected chi connectivity index (χ0v) is 7.41. The van der Waals surface area contributed by atoms with Gasteiger partial charge >= 0.3 is 5.97 Å². The van der Waals surface area contributed by atoms with Crippen molar-refractivity contribution in [1.29, 1.82) is 0 Å². The number of ketones is 1. The van der Waals surface area contributed by atoms with Crippen molar-refractivity contribution >= 4 is 11.8 Å². The molecule has 68 valence electrons. The van der Waals surface area contributed by atoms with E-state index in [-0.39, 0.29) is 5.78 Å². The molecule has 0 amide bonds. The largest absolute Gasteiger partial charge is 0.481 e. The Balaban J connectivity index is 3.80. The van der Waals surface area contributed by atoms with Crippen molar-refractivity contribution in [2.75, 3.05) is 0 Å². The summed E-state index contributed by atoms with van der Waals surface area (Å²) in [6.45, 7) is 3.28. The molecule has 3 nitrogen and oxygen atoms in total. The first-order valence-electron chi connectivity index (χ1n) is 3.96. The van der Waals surface area contributed by atoms with E-state index in [9.17, 15) is 9.59 Å². The first kappa shape index (κ1) is 10.9. The lowest BCUT2D eigenvalue weighted by atomic mass is 10.0. The lowest BCUT2D eigenvalue weighted by molar-refractivity contribution is -0.145. The van der Waals surface area contributed by atoms with Crippen LogP contribution in [0.15, 0.2) is 12.2 Å². The fourth-order valence-corrected chi connectivity index (χ4v) is 0.746. The third kappa shape index (κ3) is 3.91. The van der Waals surface area contributed by atoms with E-state index < -0.39 is 11.9 Å². The maximum atomic E-state index is 11.0. The maximum Gasteiger partial charge on any atom is 0.313 e. The van der Waals surface area contributed by atoms with E-state index in [2.05, 4.69) is 0 Å². The standard InChI is InChI=1S/C9H14O3/c1-3-4-5-6-8(10)7(2)9(11)12/h3-4,7H,5-6H2,1-2H3,(H,11,12)/b4-3+. The summed E-state index contributed by atoms with van der Waals surface area (Å²) in [5.74, 6) is -2.11. The third-order valence-electron chi connectivity index (χ3n) is 1.65. The average molecular weight is 170 g/mol. The molecular weight excluding hydrogens is 156 g/mol. The number of carboxylic acids is 1. The summed E-state index contributed by atoms with van der Waals surface area (Å²) in [4.78, 5) is 21.4. The predicted molar refractivity (Wildman–Crippen MR) is 45.9 cm³/mol. The van der Waals surface area contributed by atoms with Crippen LogP contribution >= 0.6 is 0 Å². The minimum absolute atomic E-state index is 0.208. The number of hydrogen-bond donors (Lipinski definition) is 1. The second-order valence-electron chi connectivity index (χ2n) is 2.63. The summed E-state index contributed by atoms with van der Waals surface area (Å²) in [5.41, 5.74) is 0. The zero-order valence-electron chi connectivity index (χ0n) is 7.41. The minimum atomic E-state index is -1.04. The molecule has 0 aromatic heterocycles. The fourth-order valence-electron chi connectivity index (χ4n) is 0.746. The molecule has 0 aromatic rings. The van der Waals surface area contributed by atoms with E-state index in [0.29, 0.717) is 12.8 Å². The molecule has 0 aromatic carbocycles. The lowest BCUT2D eigenvalue weighted by Crippen LogP contribution is -2.19. The van der Waals surface area contributed by atoms with Crippen LogP contribution in [0.25, 0.3) is 0 Å². The lowest BCUT2D eigenvalue weighted by Gasteiger charge is -2.02. The molecule has 0 heterocycles. The van der Waals surface area contributed by atoms with Gasteiger partial charge < -0.3 is 5.11 Å². The molecule has 1 unspecified atom stereocenters. The quantitative estimate of drug-likeness (QED) is 0.504. The highest BCUT2D eigenvalue weighted by Crippen LogP contribution is 2.03. The van der Waals surface area contributed by atoms with Gasteiger partial charge in [-0.2, -0.15) is 0 Å². The second kappa shape index (κ2) is 5.52. The Bertz CT molecular complexity index is 194. The van der Waals surface area contributed by atoms with Crippen LogP contribution in [-0.2, 0) is 9.59 Å². The van der Waals surface area contributed by atoms with Gasteiger partial charge in [-0.3, -0.25) is 9.59 Å². The van der Waals surface area contributed by atoms with Crippen LogP contribution in [0.1, 0.15) is 26.7 Å². The highest BCUT2D eigenvalue weighted by atomic mass is 16.4. The van der Waals surface area contributed by atoms with Crippen LogP contribution in [0.5, 0.6) is 0 Å². The van der Waals surface area contributed by atoms with E-state index in [4.69, 9.17) is 5.11 Å². The molecule has 0 saturated carbocycles. The summed E-state index contributed by atoms with van der Waals surface area (Å²) >= 11 is 0. The van der Waals surface area contributed by atoms with Gasteiger partial charge in [0.2, 0.25) is 0 Å². The van der Waals surface area contributed by atoms with Gasteiger partial charge in [-0.25, -0.2) is 0 Å². The van der Waals surface area contributed by atoms with Gasteiger partial charge in [-0.1, -0.05) is 12.2 Å². The number of allylic oxidation sites excluding steroid dienone is 2. The Morgan fingerprint density at radius 1 is 1.50 bits per heavy atom. The molecule has 0 saturated heterocycles. The molecule has 3 heteroatoms. The Morgan fingerprint density at radius 2 is 2.08 bits per heavy atom. The highest BCUT2D eigenvalue weighted by Gasteiger charge is 2.18. The number of rotatable bonds is 5. The monoisotopic (exact) mass is 170 g/mol. The van der Waals surface area contributed by atoms with Gasteiger partial charge in [0.1, 0.15) is 11.7 Å². The normalized spacial score (nSPS) is 13.2. The molecule has 0 aliphatic rings. The van der Waals surface area contributed by atoms with Crippen molar-refractivity contribution in [2.45, 2.75) is 26.7 Å². The number of carbonyl (C=O) groups excluding carboxylic acids is 1. The Labute approximate surface area is 72.1 Å². The van der Waals surface area contributed by atoms with E-state index in [1.165, 1.54) is 6.92 Å². The molecule has 1 N–H and O–H groups in total. The molecule has 0 aliphatic carbocycles. The zero-order chi connectivity index (χ0) is 9.56. The van der Waals surface area contributed by atoms with Crippen molar-refractivity contribution in [3.63, 3.8) is 0 Å². The van der Waals surface area contributed by atoms with E-state index >= 15 is 0 Å². The summed E-state index contributed by atoms with van der Waals surface area (Å²) in [6, 6.07) is 0. The second-order valence-corrected chi connectivity index (χ2v) is 2.63. The van der Waals surface area contributed by atoms with Gasteiger partial charge in [-0.15, -0.1) is 0 Å². The molecule has 0 bridgehead atoms. The number of hydrogen-bond acceptors (Lipinski definition) is 2. The van der Waals surface area contributed by atoms with Crippen LogP contribution in [0.4, 0.5) is 0 Å². The van der Waals surface area contributed by atoms with Gasteiger partial charge in [-0.05, 0) is 20.3 Å².